The molecule has 0 saturated heterocycles. The first-order valence-electron chi connectivity index (χ1n) is 5.99. The molecule has 6 nitrogen and oxygen atoms in total. The normalized spacial score (nSPS) is 11.6. The average molecular weight is 266 g/mol. The minimum Gasteiger partial charge on any atom is -0.465 e. The zero-order chi connectivity index (χ0) is 14.1. The summed E-state index contributed by atoms with van der Waals surface area (Å²) in [6, 6.07) is 9.47. The molecule has 104 valence electrons. The van der Waals surface area contributed by atoms with E-state index in [1.165, 1.54) is 0 Å². The van der Waals surface area contributed by atoms with E-state index in [9.17, 15) is 9.59 Å². The van der Waals surface area contributed by atoms with Gasteiger partial charge in [0.05, 0.1) is 6.61 Å². The van der Waals surface area contributed by atoms with Crippen LogP contribution in [0.15, 0.2) is 30.3 Å². The minimum absolute atomic E-state index is 0.0866. The summed E-state index contributed by atoms with van der Waals surface area (Å²) in [4.78, 5) is 26.8. The van der Waals surface area contributed by atoms with Gasteiger partial charge in [-0.3, -0.25) is 9.63 Å². The molecule has 0 spiro atoms. The third-order valence-corrected chi connectivity index (χ3v) is 2.40. The predicted molar refractivity (Wildman–Crippen MR) is 69.2 cm³/mol. The Morgan fingerprint density at radius 2 is 2.00 bits per heavy atom. The second-order valence-corrected chi connectivity index (χ2v) is 4.29. The van der Waals surface area contributed by atoms with Crippen molar-refractivity contribution >= 4 is 12.0 Å². The van der Waals surface area contributed by atoms with Crippen molar-refractivity contribution in [2.24, 2.45) is 5.92 Å². The Kier molecular flexibility index (Phi) is 6.38. The molecule has 0 saturated carbocycles. The number of hydrogen-bond acceptors (Lipinski definition) is 3. The van der Waals surface area contributed by atoms with Gasteiger partial charge in [0.15, 0.2) is 0 Å². The molecule has 0 aliphatic rings. The highest BCUT2D eigenvalue weighted by molar-refractivity contribution is 5.75. The maximum atomic E-state index is 11.5. The maximum absolute atomic E-state index is 11.5. The lowest BCUT2D eigenvalue weighted by molar-refractivity contribution is -0.135. The van der Waals surface area contributed by atoms with Crippen LogP contribution in [0, 0.1) is 5.92 Å². The standard InChI is InChI=1S/C13H18N2O4/c1-10(8-14-13(17)18)7-12(16)15-19-9-11-5-3-2-4-6-11/h2-6,10,14H,7-9H2,1H3,(H,15,16)(H,17,18)/t10-/m1/s1. The van der Waals surface area contributed by atoms with Gasteiger partial charge in [0, 0.05) is 13.0 Å². The number of rotatable bonds is 7. The van der Waals surface area contributed by atoms with Crippen molar-refractivity contribution in [1.82, 2.24) is 10.8 Å². The van der Waals surface area contributed by atoms with Gasteiger partial charge in [-0.15, -0.1) is 0 Å². The molecule has 0 fully saturated rings. The fraction of sp³-hybridized carbons (Fsp3) is 0.385. The van der Waals surface area contributed by atoms with E-state index in [1.54, 1.807) is 6.92 Å². The Labute approximate surface area is 111 Å². The van der Waals surface area contributed by atoms with Crippen LogP contribution in [0.2, 0.25) is 0 Å². The molecule has 0 bridgehead atoms. The van der Waals surface area contributed by atoms with E-state index < -0.39 is 6.09 Å². The molecule has 1 aromatic carbocycles. The third-order valence-electron chi connectivity index (χ3n) is 2.40. The lowest BCUT2D eigenvalue weighted by Gasteiger charge is -2.11. The highest BCUT2D eigenvalue weighted by atomic mass is 16.6. The molecule has 1 atom stereocenters. The van der Waals surface area contributed by atoms with Gasteiger partial charge in [-0.2, -0.15) is 0 Å². The Balaban J connectivity index is 2.15. The molecule has 0 heterocycles. The van der Waals surface area contributed by atoms with E-state index in [-0.39, 0.29) is 24.8 Å². The van der Waals surface area contributed by atoms with Crippen LogP contribution in [0.5, 0.6) is 0 Å². The SMILES string of the molecule is C[C@@H](CNC(=O)O)CC(=O)NOCc1ccccc1. The van der Waals surface area contributed by atoms with Crippen molar-refractivity contribution in [3.63, 3.8) is 0 Å². The molecule has 1 aromatic rings. The van der Waals surface area contributed by atoms with Gasteiger partial charge in [0.25, 0.3) is 0 Å². The summed E-state index contributed by atoms with van der Waals surface area (Å²) in [5, 5.41) is 10.7. The molecule has 0 aliphatic heterocycles. The molecular formula is C13H18N2O4. The Hall–Kier alpha value is -2.08. The molecule has 2 amide bonds. The van der Waals surface area contributed by atoms with Crippen molar-refractivity contribution in [3.8, 4) is 0 Å². The molecule has 0 aliphatic carbocycles. The van der Waals surface area contributed by atoms with Crippen LogP contribution < -0.4 is 10.8 Å². The van der Waals surface area contributed by atoms with Gasteiger partial charge >= 0.3 is 6.09 Å². The highest BCUT2D eigenvalue weighted by Gasteiger charge is 2.10. The van der Waals surface area contributed by atoms with Crippen LogP contribution in [0.4, 0.5) is 4.79 Å². The van der Waals surface area contributed by atoms with Gasteiger partial charge in [-0.25, -0.2) is 10.3 Å². The van der Waals surface area contributed by atoms with Crippen LogP contribution in [0.25, 0.3) is 0 Å². The highest BCUT2D eigenvalue weighted by Crippen LogP contribution is 2.01. The van der Waals surface area contributed by atoms with Crippen LogP contribution in [-0.4, -0.2) is 23.7 Å². The Morgan fingerprint density at radius 1 is 1.32 bits per heavy atom. The van der Waals surface area contributed by atoms with Crippen LogP contribution in [0.3, 0.4) is 0 Å². The minimum atomic E-state index is -1.09. The monoisotopic (exact) mass is 266 g/mol. The van der Waals surface area contributed by atoms with E-state index in [1.807, 2.05) is 30.3 Å². The lowest BCUT2D eigenvalue weighted by atomic mass is 10.1. The maximum Gasteiger partial charge on any atom is 0.404 e. The van der Waals surface area contributed by atoms with Crippen LogP contribution >= 0.6 is 0 Å². The lowest BCUT2D eigenvalue weighted by Crippen LogP contribution is -2.31. The zero-order valence-electron chi connectivity index (χ0n) is 10.8. The molecule has 0 radical (unpaired) electrons. The molecule has 0 unspecified atom stereocenters. The summed E-state index contributed by atoms with van der Waals surface area (Å²) < 4.78 is 0. The summed E-state index contributed by atoms with van der Waals surface area (Å²) in [7, 11) is 0. The summed E-state index contributed by atoms with van der Waals surface area (Å²) >= 11 is 0. The third kappa shape index (κ3) is 7.05. The molecule has 19 heavy (non-hydrogen) atoms. The Morgan fingerprint density at radius 3 is 2.63 bits per heavy atom. The largest absolute Gasteiger partial charge is 0.465 e. The summed E-state index contributed by atoms with van der Waals surface area (Å²) in [6.45, 7) is 2.32. The van der Waals surface area contributed by atoms with E-state index in [0.717, 1.165) is 5.56 Å². The fourth-order valence-electron chi connectivity index (χ4n) is 1.47. The van der Waals surface area contributed by atoms with Gasteiger partial charge in [-0.05, 0) is 11.5 Å². The van der Waals surface area contributed by atoms with Gasteiger partial charge in [0.2, 0.25) is 5.91 Å². The van der Waals surface area contributed by atoms with Crippen molar-refractivity contribution in [3.05, 3.63) is 35.9 Å². The summed E-state index contributed by atoms with van der Waals surface area (Å²) in [6.07, 6.45) is -0.887. The van der Waals surface area contributed by atoms with Crippen LogP contribution in [-0.2, 0) is 16.2 Å². The summed E-state index contributed by atoms with van der Waals surface area (Å²) in [5.41, 5.74) is 3.30. The van der Waals surface area contributed by atoms with Crippen molar-refractivity contribution < 1.29 is 19.5 Å². The van der Waals surface area contributed by atoms with E-state index in [0.29, 0.717) is 6.61 Å². The smallest absolute Gasteiger partial charge is 0.404 e. The number of benzene rings is 1. The number of hydrogen-bond donors (Lipinski definition) is 3. The van der Waals surface area contributed by atoms with Crippen molar-refractivity contribution in [2.45, 2.75) is 20.0 Å². The van der Waals surface area contributed by atoms with Gasteiger partial charge in [0.1, 0.15) is 0 Å². The second-order valence-electron chi connectivity index (χ2n) is 4.29. The van der Waals surface area contributed by atoms with E-state index in [2.05, 4.69) is 10.8 Å². The van der Waals surface area contributed by atoms with Crippen molar-refractivity contribution in [2.75, 3.05) is 6.54 Å². The van der Waals surface area contributed by atoms with Crippen LogP contribution in [0.1, 0.15) is 18.9 Å². The molecule has 3 N–H and O–H groups in total. The number of carbonyl (C=O) groups is 2. The molecule has 6 heteroatoms. The van der Waals surface area contributed by atoms with Gasteiger partial charge < -0.3 is 10.4 Å². The predicted octanol–water partition coefficient (Wildman–Crippen LogP) is 1.53. The quantitative estimate of drug-likeness (QED) is 0.653. The molecular weight excluding hydrogens is 248 g/mol. The fourth-order valence-corrected chi connectivity index (χ4v) is 1.47. The topological polar surface area (TPSA) is 87.7 Å². The Bertz CT molecular complexity index is 408. The summed E-state index contributed by atoms with van der Waals surface area (Å²) in [5.74, 6) is -0.355. The number of nitrogens with one attached hydrogen (secondary N) is 2. The first kappa shape index (κ1) is 15.0. The number of carboxylic acid groups (broad SMARTS) is 1. The first-order valence-corrected chi connectivity index (χ1v) is 5.99. The van der Waals surface area contributed by atoms with E-state index in [4.69, 9.17) is 9.94 Å². The zero-order valence-corrected chi connectivity index (χ0v) is 10.8. The first-order chi connectivity index (χ1) is 9.08. The number of amides is 2. The van der Waals surface area contributed by atoms with Gasteiger partial charge in [-0.1, -0.05) is 37.3 Å². The second kappa shape index (κ2) is 8.10. The van der Waals surface area contributed by atoms with Crippen molar-refractivity contribution in [1.29, 1.82) is 0 Å². The average Bonchev–Trinajstić information content (AvgIpc) is 2.37. The number of hydroxylamine groups is 1. The number of carbonyl (C=O) groups excluding carboxylic acids is 1. The van der Waals surface area contributed by atoms with E-state index >= 15 is 0 Å². The molecule has 0 aromatic heterocycles. The molecule has 1 rings (SSSR count).